The van der Waals surface area contributed by atoms with E-state index in [9.17, 15) is 18.0 Å². The summed E-state index contributed by atoms with van der Waals surface area (Å²) >= 11 is 0. The van der Waals surface area contributed by atoms with Crippen molar-refractivity contribution in [2.45, 2.75) is 12.7 Å². The second kappa shape index (κ2) is 10.00. The molecule has 184 valence electrons. The van der Waals surface area contributed by atoms with Gasteiger partial charge in [0.1, 0.15) is 11.5 Å². The molecule has 0 aliphatic carbocycles. The Kier molecular flexibility index (Phi) is 6.62. The van der Waals surface area contributed by atoms with E-state index in [2.05, 4.69) is 25.2 Å². The number of rotatable bonds is 5. The van der Waals surface area contributed by atoms with E-state index in [0.717, 1.165) is 30.9 Å². The van der Waals surface area contributed by atoms with Gasteiger partial charge in [0.15, 0.2) is 0 Å². The lowest BCUT2D eigenvalue weighted by Crippen LogP contribution is -2.35. The standard InChI is InChI=1S/C26H22F3N5O2/c27-26(28,29)19-4-1-3-17(13-19)21-15-30-14-18-7-8-22(32-24(18)21)25(35)33-23-6-2-5-20(31-23)16-34-9-11-36-12-10-34/h1-8,13-15H,9-12,16H2,(H,31,33,35). The first-order valence-corrected chi connectivity index (χ1v) is 11.4. The molecule has 1 amide bonds. The molecule has 0 spiro atoms. The van der Waals surface area contributed by atoms with E-state index in [1.807, 2.05) is 12.1 Å². The zero-order valence-electron chi connectivity index (χ0n) is 19.1. The monoisotopic (exact) mass is 493 g/mol. The van der Waals surface area contributed by atoms with Crippen LogP contribution in [0.4, 0.5) is 19.0 Å². The molecule has 1 N–H and O–H groups in total. The Morgan fingerprint density at radius 3 is 2.61 bits per heavy atom. The number of ether oxygens (including phenoxy) is 1. The van der Waals surface area contributed by atoms with Gasteiger partial charge < -0.3 is 10.1 Å². The Morgan fingerprint density at radius 1 is 1.00 bits per heavy atom. The summed E-state index contributed by atoms with van der Waals surface area (Å²) < 4.78 is 45.1. The molecule has 0 saturated carbocycles. The van der Waals surface area contributed by atoms with Crippen LogP contribution in [0.15, 0.2) is 67.0 Å². The first-order chi connectivity index (χ1) is 17.4. The highest BCUT2D eigenvalue weighted by Crippen LogP contribution is 2.33. The van der Waals surface area contributed by atoms with Gasteiger partial charge in [0.05, 0.1) is 30.0 Å². The van der Waals surface area contributed by atoms with E-state index in [0.29, 0.717) is 47.6 Å². The van der Waals surface area contributed by atoms with Gasteiger partial charge in [-0.25, -0.2) is 9.97 Å². The molecule has 1 aliphatic heterocycles. The molecule has 36 heavy (non-hydrogen) atoms. The van der Waals surface area contributed by atoms with Gasteiger partial charge in [0, 0.05) is 43.0 Å². The van der Waals surface area contributed by atoms with Crippen LogP contribution in [0.5, 0.6) is 0 Å². The molecule has 10 heteroatoms. The van der Waals surface area contributed by atoms with Crippen molar-refractivity contribution in [3.8, 4) is 11.1 Å². The van der Waals surface area contributed by atoms with Crippen LogP contribution in [0.3, 0.4) is 0 Å². The lowest BCUT2D eigenvalue weighted by atomic mass is 10.0. The third-order valence-corrected chi connectivity index (χ3v) is 5.87. The van der Waals surface area contributed by atoms with Gasteiger partial charge in [0.2, 0.25) is 0 Å². The minimum atomic E-state index is -4.48. The maximum Gasteiger partial charge on any atom is 0.416 e. The lowest BCUT2D eigenvalue weighted by Gasteiger charge is -2.26. The van der Waals surface area contributed by atoms with Crippen LogP contribution in [0.25, 0.3) is 22.0 Å². The number of anilines is 1. The fourth-order valence-electron chi connectivity index (χ4n) is 4.05. The number of nitrogens with zero attached hydrogens (tertiary/aromatic N) is 4. The molecule has 1 saturated heterocycles. The molecular formula is C26H22F3N5O2. The lowest BCUT2D eigenvalue weighted by molar-refractivity contribution is -0.137. The van der Waals surface area contributed by atoms with Gasteiger partial charge in [-0.3, -0.25) is 14.7 Å². The SMILES string of the molecule is O=C(Nc1cccc(CN2CCOCC2)n1)c1ccc2cncc(-c3cccc(C(F)(F)F)c3)c2n1. The summed E-state index contributed by atoms with van der Waals surface area (Å²) in [5.74, 6) is -0.0831. The molecule has 0 atom stereocenters. The summed E-state index contributed by atoms with van der Waals surface area (Å²) in [6.45, 7) is 3.66. The molecule has 5 rings (SSSR count). The van der Waals surface area contributed by atoms with Gasteiger partial charge in [-0.15, -0.1) is 0 Å². The van der Waals surface area contributed by atoms with Crippen molar-refractivity contribution >= 4 is 22.6 Å². The number of nitrogens with one attached hydrogen (secondary N) is 1. The number of morpholine rings is 1. The molecule has 3 aromatic heterocycles. The number of carbonyl (C=O) groups is 1. The maximum atomic E-state index is 13.2. The minimum absolute atomic E-state index is 0.113. The normalized spacial score (nSPS) is 14.6. The number of aromatic nitrogens is 3. The van der Waals surface area contributed by atoms with Crippen molar-refractivity contribution in [1.29, 1.82) is 0 Å². The van der Waals surface area contributed by atoms with E-state index >= 15 is 0 Å². The van der Waals surface area contributed by atoms with E-state index in [1.54, 1.807) is 30.5 Å². The average molecular weight is 493 g/mol. The first kappa shape index (κ1) is 23.8. The van der Waals surface area contributed by atoms with Gasteiger partial charge >= 0.3 is 6.18 Å². The largest absolute Gasteiger partial charge is 0.416 e. The van der Waals surface area contributed by atoms with Crippen LogP contribution in [0.2, 0.25) is 0 Å². The highest BCUT2D eigenvalue weighted by atomic mass is 19.4. The van der Waals surface area contributed by atoms with Gasteiger partial charge in [-0.2, -0.15) is 13.2 Å². The van der Waals surface area contributed by atoms with Gasteiger partial charge in [0.25, 0.3) is 5.91 Å². The number of alkyl halides is 3. The predicted molar refractivity (Wildman–Crippen MR) is 128 cm³/mol. The second-order valence-corrected chi connectivity index (χ2v) is 8.39. The molecule has 0 radical (unpaired) electrons. The minimum Gasteiger partial charge on any atom is -0.379 e. The number of pyridine rings is 3. The number of carbonyl (C=O) groups excluding carboxylic acids is 1. The van der Waals surface area contributed by atoms with Crippen molar-refractivity contribution in [3.63, 3.8) is 0 Å². The van der Waals surface area contributed by atoms with E-state index in [4.69, 9.17) is 4.74 Å². The molecular weight excluding hydrogens is 471 g/mol. The second-order valence-electron chi connectivity index (χ2n) is 8.39. The Bertz CT molecular complexity index is 1400. The Hall–Kier alpha value is -3.89. The molecule has 4 heterocycles. The summed E-state index contributed by atoms with van der Waals surface area (Å²) in [7, 11) is 0. The highest BCUT2D eigenvalue weighted by molar-refractivity contribution is 6.04. The fourth-order valence-corrected chi connectivity index (χ4v) is 4.05. The van der Waals surface area contributed by atoms with E-state index in [1.165, 1.54) is 12.3 Å². The summed E-state index contributed by atoms with van der Waals surface area (Å²) in [5.41, 5.74) is 1.26. The molecule has 1 aliphatic rings. The zero-order chi connectivity index (χ0) is 25.1. The summed E-state index contributed by atoms with van der Waals surface area (Å²) in [5, 5.41) is 3.37. The Labute approximate surface area is 205 Å². The number of amides is 1. The number of hydrogen-bond acceptors (Lipinski definition) is 6. The number of fused-ring (bicyclic) bond motifs is 1. The molecule has 1 fully saturated rings. The van der Waals surface area contributed by atoms with Crippen LogP contribution in [-0.4, -0.2) is 52.1 Å². The van der Waals surface area contributed by atoms with Gasteiger partial charge in [-0.05, 0) is 42.0 Å². The first-order valence-electron chi connectivity index (χ1n) is 11.4. The van der Waals surface area contributed by atoms with Crippen LogP contribution in [-0.2, 0) is 17.5 Å². The number of hydrogen-bond donors (Lipinski definition) is 1. The van der Waals surface area contributed by atoms with Crippen LogP contribution < -0.4 is 5.32 Å². The van der Waals surface area contributed by atoms with E-state index < -0.39 is 17.6 Å². The summed E-state index contributed by atoms with van der Waals surface area (Å²) in [6.07, 6.45) is -1.48. The number of benzene rings is 1. The molecule has 4 aromatic rings. The van der Waals surface area contributed by atoms with Crippen molar-refractivity contribution < 1.29 is 22.7 Å². The van der Waals surface area contributed by atoms with Crippen LogP contribution >= 0.6 is 0 Å². The topological polar surface area (TPSA) is 80.2 Å². The molecule has 1 aromatic carbocycles. The van der Waals surface area contributed by atoms with Crippen LogP contribution in [0.1, 0.15) is 21.7 Å². The Morgan fingerprint density at radius 2 is 1.81 bits per heavy atom. The van der Waals surface area contributed by atoms with Crippen molar-refractivity contribution in [2.75, 3.05) is 31.6 Å². The maximum absolute atomic E-state index is 13.2. The van der Waals surface area contributed by atoms with E-state index in [-0.39, 0.29) is 5.69 Å². The fraction of sp³-hybridized carbons (Fsp3) is 0.231. The third-order valence-electron chi connectivity index (χ3n) is 5.87. The third kappa shape index (κ3) is 5.34. The quantitative estimate of drug-likeness (QED) is 0.431. The highest BCUT2D eigenvalue weighted by Gasteiger charge is 2.30. The predicted octanol–water partition coefficient (Wildman–Crippen LogP) is 4.80. The molecule has 7 nitrogen and oxygen atoms in total. The Balaban J connectivity index is 1.40. The van der Waals surface area contributed by atoms with Crippen molar-refractivity contribution in [1.82, 2.24) is 19.9 Å². The van der Waals surface area contributed by atoms with Crippen molar-refractivity contribution in [2.24, 2.45) is 0 Å². The van der Waals surface area contributed by atoms with Crippen molar-refractivity contribution in [3.05, 3.63) is 83.9 Å². The molecule has 0 unspecified atom stereocenters. The zero-order valence-corrected chi connectivity index (χ0v) is 19.1. The number of halogens is 3. The smallest absolute Gasteiger partial charge is 0.379 e. The molecule has 0 bridgehead atoms. The van der Waals surface area contributed by atoms with Crippen LogP contribution in [0, 0.1) is 0 Å². The average Bonchev–Trinajstić information content (AvgIpc) is 2.88. The summed E-state index contributed by atoms with van der Waals surface area (Å²) in [4.78, 5) is 28.4. The summed E-state index contributed by atoms with van der Waals surface area (Å²) in [6, 6.07) is 13.6. The van der Waals surface area contributed by atoms with Gasteiger partial charge in [-0.1, -0.05) is 18.2 Å².